The lowest BCUT2D eigenvalue weighted by molar-refractivity contribution is 0.0995. The van der Waals surface area contributed by atoms with Crippen LogP contribution < -0.4 is 10.6 Å². The highest BCUT2D eigenvalue weighted by atomic mass is 35.5. The lowest BCUT2D eigenvalue weighted by Crippen LogP contribution is -2.37. The third-order valence-electron chi connectivity index (χ3n) is 2.92. The van der Waals surface area contributed by atoms with Crippen molar-refractivity contribution in [2.45, 2.75) is 0 Å². The van der Waals surface area contributed by atoms with Crippen LogP contribution in [0, 0.1) is 0 Å². The molecule has 0 unspecified atom stereocenters. The van der Waals surface area contributed by atoms with E-state index in [0.29, 0.717) is 32.3 Å². The summed E-state index contributed by atoms with van der Waals surface area (Å²) in [6.07, 6.45) is 1.54. The maximum absolute atomic E-state index is 11.1. The van der Waals surface area contributed by atoms with Crippen molar-refractivity contribution in [2.75, 3.05) is 31.2 Å². The van der Waals surface area contributed by atoms with Crippen LogP contribution in [0.2, 0.25) is 5.28 Å². The summed E-state index contributed by atoms with van der Waals surface area (Å²) in [4.78, 5) is 25.4. The highest BCUT2D eigenvalue weighted by molar-refractivity contribution is 6.28. The number of morpholine rings is 1. The van der Waals surface area contributed by atoms with Crippen molar-refractivity contribution >= 4 is 23.5 Å². The van der Waals surface area contributed by atoms with Crippen molar-refractivity contribution in [3.05, 3.63) is 23.2 Å². The number of hydrogen-bond donors (Lipinski definition) is 1. The van der Waals surface area contributed by atoms with Gasteiger partial charge in [0.2, 0.25) is 11.2 Å². The van der Waals surface area contributed by atoms with Crippen LogP contribution in [0.3, 0.4) is 0 Å². The summed E-state index contributed by atoms with van der Waals surface area (Å²) in [5.41, 5.74) is 5.29. The van der Waals surface area contributed by atoms with Crippen molar-refractivity contribution in [3.63, 3.8) is 0 Å². The van der Waals surface area contributed by atoms with E-state index in [1.807, 2.05) is 4.90 Å². The van der Waals surface area contributed by atoms with Gasteiger partial charge >= 0.3 is 0 Å². The molecule has 0 saturated carbocycles. The first-order valence-electron chi connectivity index (χ1n) is 6.23. The molecule has 2 N–H and O–H groups in total. The van der Waals surface area contributed by atoms with E-state index in [2.05, 4.69) is 20.1 Å². The fraction of sp³-hybridized carbons (Fsp3) is 0.364. The zero-order valence-corrected chi connectivity index (χ0v) is 11.7. The van der Waals surface area contributed by atoms with E-state index in [0.717, 1.165) is 0 Å². The van der Waals surface area contributed by atoms with Gasteiger partial charge in [0.15, 0.2) is 0 Å². The molecule has 2 aromatic rings. The Bertz CT molecular complexity index is 668. The molecule has 1 aliphatic rings. The molecule has 10 heteroatoms. The Morgan fingerprint density at radius 2 is 1.95 bits per heavy atom. The Morgan fingerprint density at radius 3 is 2.62 bits per heavy atom. The third kappa shape index (κ3) is 2.93. The third-order valence-corrected chi connectivity index (χ3v) is 3.09. The molecule has 21 heavy (non-hydrogen) atoms. The first-order valence-corrected chi connectivity index (χ1v) is 6.61. The second-order valence-corrected chi connectivity index (χ2v) is 4.65. The molecule has 110 valence electrons. The molecule has 0 aliphatic carbocycles. The highest BCUT2D eigenvalue weighted by Gasteiger charge is 2.17. The maximum atomic E-state index is 11.1. The molecule has 1 amide bonds. The van der Waals surface area contributed by atoms with Crippen molar-refractivity contribution in [1.82, 2.24) is 24.7 Å². The minimum Gasteiger partial charge on any atom is -0.378 e. The Morgan fingerprint density at radius 1 is 1.24 bits per heavy atom. The molecular formula is C11H12ClN7O2. The van der Waals surface area contributed by atoms with Crippen LogP contribution in [-0.2, 0) is 4.74 Å². The Hall–Kier alpha value is -2.26. The predicted octanol–water partition coefficient (Wildman–Crippen LogP) is -0.354. The number of anilines is 1. The van der Waals surface area contributed by atoms with E-state index in [1.165, 1.54) is 16.9 Å². The van der Waals surface area contributed by atoms with Gasteiger partial charge in [0.25, 0.3) is 11.9 Å². The summed E-state index contributed by atoms with van der Waals surface area (Å²) in [7, 11) is 0. The van der Waals surface area contributed by atoms with Crippen LogP contribution >= 0.6 is 11.6 Å². The smallest absolute Gasteiger partial charge is 0.269 e. The monoisotopic (exact) mass is 309 g/mol. The van der Waals surface area contributed by atoms with Crippen molar-refractivity contribution < 1.29 is 9.53 Å². The quantitative estimate of drug-likeness (QED) is 0.824. The second kappa shape index (κ2) is 5.62. The first kappa shape index (κ1) is 13.7. The van der Waals surface area contributed by atoms with E-state index >= 15 is 0 Å². The van der Waals surface area contributed by atoms with Crippen LogP contribution in [-0.4, -0.2) is 56.9 Å². The van der Waals surface area contributed by atoms with E-state index < -0.39 is 5.91 Å². The molecule has 0 spiro atoms. The Balaban J connectivity index is 1.94. The zero-order valence-electron chi connectivity index (χ0n) is 10.9. The van der Waals surface area contributed by atoms with Gasteiger partial charge < -0.3 is 15.4 Å². The summed E-state index contributed by atoms with van der Waals surface area (Å²) in [6, 6.07) is 1.48. The van der Waals surface area contributed by atoms with Gasteiger partial charge in [-0.25, -0.2) is 4.68 Å². The number of hydrogen-bond acceptors (Lipinski definition) is 7. The molecule has 1 saturated heterocycles. The molecule has 0 radical (unpaired) electrons. The lowest BCUT2D eigenvalue weighted by atomic mass is 10.4. The summed E-state index contributed by atoms with van der Waals surface area (Å²) < 4.78 is 6.61. The Kier molecular flexibility index (Phi) is 3.67. The molecule has 1 aliphatic heterocycles. The average Bonchev–Trinajstić information content (AvgIpc) is 2.98. The minimum atomic E-state index is -0.623. The fourth-order valence-corrected chi connectivity index (χ4v) is 2.05. The topological polar surface area (TPSA) is 112 Å². The van der Waals surface area contributed by atoms with Gasteiger partial charge in [-0.3, -0.25) is 4.79 Å². The van der Waals surface area contributed by atoms with E-state index in [9.17, 15) is 4.79 Å². The molecule has 3 rings (SSSR count). The number of carbonyl (C=O) groups excluding carboxylic acids is 1. The second-order valence-electron chi connectivity index (χ2n) is 4.31. The van der Waals surface area contributed by atoms with Gasteiger partial charge in [0.05, 0.1) is 13.2 Å². The number of halogens is 1. The number of carbonyl (C=O) groups is 1. The van der Waals surface area contributed by atoms with Crippen molar-refractivity contribution in [1.29, 1.82) is 0 Å². The molecule has 2 aromatic heterocycles. The van der Waals surface area contributed by atoms with Crippen LogP contribution in [0.4, 0.5) is 5.95 Å². The van der Waals surface area contributed by atoms with Gasteiger partial charge in [0, 0.05) is 19.3 Å². The molecule has 3 heterocycles. The first-order chi connectivity index (χ1) is 10.1. The van der Waals surface area contributed by atoms with E-state index in [1.54, 1.807) is 0 Å². The minimum absolute atomic E-state index is 0.0533. The van der Waals surface area contributed by atoms with E-state index in [-0.39, 0.29) is 16.9 Å². The largest absolute Gasteiger partial charge is 0.378 e. The van der Waals surface area contributed by atoms with Crippen LogP contribution in [0.1, 0.15) is 10.5 Å². The molecule has 0 bridgehead atoms. The van der Waals surface area contributed by atoms with Crippen molar-refractivity contribution in [2.24, 2.45) is 5.73 Å². The van der Waals surface area contributed by atoms with E-state index in [4.69, 9.17) is 22.1 Å². The number of rotatable bonds is 3. The summed E-state index contributed by atoms with van der Waals surface area (Å²) in [6.45, 7) is 2.55. The lowest BCUT2D eigenvalue weighted by Gasteiger charge is -2.26. The maximum Gasteiger partial charge on any atom is 0.269 e. The summed E-state index contributed by atoms with van der Waals surface area (Å²) >= 11 is 5.94. The van der Waals surface area contributed by atoms with Crippen LogP contribution in [0.5, 0.6) is 0 Å². The molecule has 9 nitrogen and oxygen atoms in total. The van der Waals surface area contributed by atoms with Gasteiger partial charge in [-0.1, -0.05) is 0 Å². The van der Waals surface area contributed by atoms with Gasteiger partial charge in [0.1, 0.15) is 5.69 Å². The number of ether oxygens (including phenoxy) is 1. The van der Waals surface area contributed by atoms with Gasteiger partial charge in [-0.05, 0) is 17.7 Å². The molecule has 1 fully saturated rings. The average molecular weight is 310 g/mol. The standard InChI is InChI=1S/C11H12ClN7O2/c12-9-14-10(18-3-5-21-6-4-18)16-11(15-9)19-2-1-7(17-19)8(13)20/h1-2H,3-6H2,(H2,13,20). The number of aromatic nitrogens is 5. The van der Waals surface area contributed by atoms with Crippen LogP contribution in [0.15, 0.2) is 12.3 Å². The zero-order chi connectivity index (χ0) is 14.8. The molecule has 0 aromatic carbocycles. The summed E-state index contributed by atoms with van der Waals surface area (Å²) in [5, 5.41) is 4.05. The predicted molar refractivity (Wildman–Crippen MR) is 73.5 cm³/mol. The highest BCUT2D eigenvalue weighted by Crippen LogP contribution is 2.14. The Labute approximate surface area is 124 Å². The normalized spacial score (nSPS) is 15.2. The SMILES string of the molecule is NC(=O)c1ccn(-c2nc(Cl)nc(N3CCOCC3)n2)n1. The van der Waals surface area contributed by atoms with Gasteiger partial charge in [-0.15, -0.1) is 0 Å². The number of nitrogens with zero attached hydrogens (tertiary/aromatic N) is 6. The van der Waals surface area contributed by atoms with Crippen LogP contribution in [0.25, 0.3) is 5.95 Å². The van der Waals surface area contributed by atoms with Gasteiger partial charge in [-0.2, -0.15) is 20.1 Å². The molecular weight excluding hydrogens is 298 g/mol. The van der Waals surface area contributed by atoms with Crippen molar-refractivity contribution in [3.8, 4) is 5.95 Å². The molecule has 0 atom stereocenters. The number of primary amides is 1. The number of nitrogens with two attached hydrogens (primary N) is 1. The number of amides is 1. The summed E-state index contributed by atoms with van der Waals surface area (Å²) in [5.74, 6) is 0.0516. The fourth-order valence-electron chi connectivity index (χ4n) is 1.90.